The van der Waals surface area contributed by atoms with E-state index in [-0.39, 0.29) is 12.1 Å². The number of H-pyrrole nitrogens is 1. The zero-order chi connectivity index (χ0) is 19.1. The second-order valence-corrected chi connectivity index (χ2v) is 7.80. The Bertz CT molecular complexity index is 955. The average Bonchev–Trinajstić information content (AvgIpc) is 3.45. The average molecular weight is 383 g/mol. The third kappa shape index (κ3) is 2.94. The first-order valence-corrected chi connectivity index (χ1v) is 9.72. The van der Waals surface area contributed by atoms with E-state index in [1.54, 1.807) is 20.5 Å². The number of rotatable bonds is 5. The molecule has 9 nitrogen and oxygen atoms in total. The third-order valence-corrected chi connectivity index (χ3v) is 6.21. The Labute approximate surface area is 163 Å². The maximum Gasteiger partial charge on any atom is 0.142 e. The van der Waals surface area contributed by atoms with Gasteiger partial charge in [0.25, 0.3) is 0 Å². The molecule has 1 N–H and O–H groups in total. The van der Waals surface area contributed by atoms with Crippen molar-refractivity contribution in [2.45, 2.75) is 31.6 Å². The van der Waals surface area contributed by atoms with Crippen molar-refractivity contribution in [3.05, 3.63) is 30.5 Å². The van der Waals surface area contributed by atoms with E-state index in [9.17, 15) is 0 Å². The summed E-state index contributed by atoms with van der Waals surface area (Å²) in [5.41, 5.74) is 1.74. The van der Waals surface area contributed by atoms with Gasteiger partial charge in [0.15, 0.2) is 0 Å². The van der Waals surface area contributed by atoms with E-state index in [1.807, 2.05) is 17.1 Å². The minimum atomic E-state index is 0.135. The van der Waals surface area contributed by atoms with Crippen molar-refractivity contribution in [1.29, 1.82) is 0 Å². The van der Waals surface area contributed by atoms with E-state index in [2.05, 4.69) is 36.2 Å². The van der Waals surface area contributed by atoms with Crippen LogP contribution in [0.2, 0.25) is 0 Å². The molecular weight excluding hydrogens is 358 g/mol. The van der Waals surface area contributed by atoms with Gasteiger partial charge in [-0.25, -0.2) is 14.6 Å². The lowest BCUT2D eigenvalue weighted by molar-refractivity contribution is -0.00544. The molecular formula is C19H25N7O2. The number of anilines is 1. The van der Waals surface area contributed by atoms with E-state index < -0.39 is 0 Å². The van der Waals surface area contributed by atoms with Crippen LogP contribution < -0.4 is 4.90 Å². The summed E-state index contributed by atoms with van der Waals surface area (Å²) in [6, 6.07) is 2.25. The summed E-state index contributed by atoms with van der Waals surface area (Å²) < 4.78 is 13.0. The van der Waals surface area contributed by atoms with Crippen LogP contribution in [0.5, 0.6) is 0 Å². The molecule has 0 amide bonds. The lowest BCUT2D eigenvalue weighted by Crippen LogP contribution is -2.37. The predicted molar refractivity (Wildman–Crippen MR) is 103 cm³/mol. The molecule has 148 valence electrons. The maximum atomic E-state index is 5.87. The van der Waals surface area contributed by atoms with Crippen LogP contribution in [-0.4, -0.2) is 63.4 Å². The van der Waals surface area contributed by atoms with Crippen LogP contribution >= 0.6 is 0 Å². The Balaban J connectivity index is 1.37. The van der Waals surface area contributed by atoms with Gasteiger partial charge in [0.1, 0.15) is 23.5 Å². The molecule has 1 saturated heterocycles. The van der Waals surface area contributed by atoms with Gasteiger partial charge in [-0.05, 0) is 30.7 Å². The number of aromatic nitrogens is 6. The molecule has 0 aromatic carbocycles. The van der Waals surface area contributed by atoms with E-state index in [4.69, 9.17) is 9.47 Å². The van der Waals surface area contributed by atoms with Crippen LogP contribution in [0.4, 0.5) is 5.82 Å². The van der Waals surface area contributed by atoms with Crippen LogP contribution in [0.3, 0.4) is 0 Å². The fourth-order valence-electron chi connectivity index (χ4n) is 4.90. The van der Waals surface area contributed by atoms with Gasteiger partial charge in [0, 0.05) is 33.5 Å². The summed E-state index contributed by atoms with van der Waals surface area (Å²) in [7, 11) is 3.47. The number of methoxy groups -OCH3 is 2. The highest BCUT2D eigenvalue weighted by molar-refractivity contribution is 5.87. The third-order valence-electron chi connectivity index (χ3n) is 6.21. The van der Waals surface area contributed by atoms with Gasteiger partial charge < -0.3 is 19.4 Å². The summed E-state index contributed by atoms with van der Waals surface area (Å²) in [5.74, 6) is 2.19. The quantitative estimate of drug-likeness (QED) is 0.718. The summed E-state index contributed by atoms with van der Waals surface area (Å²) >= 11 is 0. The molecule has 3 aromatic rings. The highest BCUT2D eigenvalue weighted by atomic mass is 16.5. The van der Waals surface area contributed by atoms with Crippen molar-refractivity contribution >= 4 is 16.9 Å². The Kier molecular flexibility index (Phi) is 4.48. The molecule has 3 aromatic heterocycles. The first-order valence-electron chi connectivity index (χ1n) is 9.72. The molecule has 2 aliphatic rings. The minimum absolute atomic E-state index is 0.135. The summed E-state index contributed by atoms with van der Waals surface area (Å²) in [4.78, 5) is 14.5. The first kappa shape index (κ1) is 17.6. The van der Waals surface area contributed by atoms with E-state index in [1.165, 1.54) is 0 Å². The lowest BCUT2D eigenvalue weighted by Gasteiger charge is -2.36. The summed E-state index contributed by atoms with van der Waals surface area (Å²) in [6.45, 7) is 2.47. The molecule has 28 heavy (non-hydrogen) atoms. The lowest BCUT2D eigenvalue weighted by atomic mass is 9.77. The van der Waals surface area contributed by atoms with Crippen molar-refractivity contribution in [3.8, 4) is 0 Å². The predicted octanol–water partition coefficient (Wildman–Crippen LogP) is 1.80. The van der Waals surface area contributed by atoms with Crippen LogP contribution in [0.1, 0.15) is 24.6 Å². The van der Waals surface area contributed by atoms with Gasteiger partial charge in [-0.1, -0.05) is 5.21 Å². The fourth-order valence-corrected chi connectivity index (χ4v) is 4.90. The molecule has 0 unspecified atom stereocenters. The standard InChI is InChI=1S/C19H25N7O2/c1-27-10-14-9-26(24-23-14)16-5-12-7-25(8-13(12)6-17(16)28-2)19-15-3-4-20-18(15)21-11-22-19/h3-4,9,11-13,16-17H,5-8,10H2,1-2H3,(H,20,21,22)/t12-,13+,16-,17-/m1/s1. The molecule has 5 rings (SSSR count). The topological polar surface area (TPSA) is 94.0 Å². The highest BCUT2D eigenvalue weighted by Gasteiger charge is 2.44. The van der Waals surface area contributed by atoms with E-state index >= 15 is 0 Å². The van der Waals surface area contributed by atoms with Crippen LogP contribution in [0.25, 0.3) is 11.0 Å². The van der Waals surface area contributed by atoms with Gasteiger partial charge in [-0.15, -0.1) is 5.10 Å². The smallest absolute Gasteiger partial charge is 0.142 e. The molecule has 0 bridgehead atoms. The zero-order valence-corrected chi connectivity index (χ0v) is 16.2. The van der Waals surface area contributed by atoms with Gasteiger partial charge in [0.05, 0.1) is 30.3 Å². The molecule has 4 atom stereocenters. The molecule has 4 heterocycles. The van der Waals surface area contributed by atoms with E-state index in [0.717, 1.165) is 48.5 Å². The minimum Gasteiger partial charge on any atom is -0.379 e. The fraction of sp³-hybridized carbons (Fsp3) is 0.579. The van der Waals surface area contributed by atoms with E-state index in [0.29, 0.717) is 18.4 Å². The molecule has 9 heteroatoms. The Morgan fingerprint density at radius 2 is 2.04 bits per heavy atom. The zero-order valence-electron chi connectivity index (χ0n) is 16.2. The number of nitrogens with zero attached hydrogens (tertiary/aromatic N) is 6. The monoisotopic (exact) mass is 383 g/mol. The molecule has 2 fully saturated rings. The molecule has 1 aliphatic heterocycles. The van der Waals surface area contributed by atoms with Crippen molar-refractivity contribution in [3.63, 3.8) is 0 Å². The Hall–Kier alpha value is -2.52. The van der Waals surface area contributed by atoms with Crippen LogP contribution in [0.15, 0.2) is 24.8 Å². The largest absolute Gasteiger partial charge is 0.379 e. The SMILES string of the molecule is COCc1cn([C@@H]2C[C@@H]3CN(c4ncnc5[nH]ccc45)C[C@@H]3C[C@H]2OC)nn1. The van der Waals surface area contributed by atoms with Gasteiger partial charge >= 0.3 is 0 Å². The maximum absolute atomic E-state index is 5.87. The first-order chi connectivity index (χ1) is 13.8. The molecule has 0 radical (unpaired) electrons. The van der Waals surface area contributed by atoms with Crippen molar-refractivity contribution in [1.82, 2.24) is 29.9 Å². The van der Waals surface area contributed by atoms with Crippen molar-refractivity contribution in [2.75, 3.05) is 32.2 Å². The Morgan fingerprint density at radius 3 is 2.86 bits per heavy atom. The highest BCUT2D eigenvalue weighted by Crippen LogP contribution is 2.43. The number of hydrogen-bond acceptors (Lipinski definition) is 7. The second kappa shape index (κ2) is 7.14. The van der Waals surface area contributed by atoms with Crippen LogP contribution in [-0.2, 0) is 16.1 Å². The number of nitrogens with one attached hydrogen (secondary N) is 1. The molecule has 0 spiro atoms. The Morgan fingerprint density at radius 1 is 1.18 bits per heavy atom. The molecule has 1 aliphatic carbocycles. The van der Waals surface area contributed by atoms with Gasteiger partial charge in [0.2, 0.25) is 0 Å². The van der Waals surface area contributed by atoms with Crippen molar-refractivity contribution in [2.24, 2.45) is 11.8 Å². The number of ether oxygens (including phenoxy) is 2. The van der Waals surface area contributed by atoms with Crippen LogP contribution in [0, 0.1) is 11.8 Å². The summed E-state index contributed by atoms with van der Waals surface area (Å²) in [6.07, 6.45) is 7.73. The molecule has 1 saturated carbocycles. The van der Waals surface area contributed by atoms with Gasteiger partial charge in [-0.3, -0.25) is 0 Å². The summed E-state index contributed by atoms with van der Waals surface area (Å²) in [5, 5.41) is 9.66. The van der Waals surface area contributed by atoms with Gasteiger partial charge in [-0.2, -0.15) is 0 Å². The number of hydrogen-bond donors (Lipinski definition) is 1. The normalized spacial score (nSPS) is 27.4. The number of fused-ring (bicyclic) bond motifs is 2. The number of aromatic amines is 1. The second-order valence-electron chi connectivity index (χ2n) is 7.80. The van der Waals surface area contributed by atoms with Crippen molar-refractivity contribution < 1.29 is 9.47 Å².